The van der Waals surface area contributed by atoms with Crippen LogP contribution in [0.5, 0.6) is 0 Å². The summed E-state index contributed by atoms with van der Waals surface area (Å²) >= 11 is 0. The first-order valence-corrected chi connectivity index (χ1v) is 5.46. The Morgan fingerprint density at radius 3 is 2.29 bits per heavy atom. The number of nitrogens with two attached hydrogens (primary N) is 1. The molecule has 0 aliphatic rings. The van der Waals surface area contributed by atoms with Gasteiger partial charge in [-0.3, -0.25) is 4.79 Å². The predicted octanol–water partition coefficient (Wildman–Crippen LogP) is 1.16. The van der Waals surface area contributed by atoms with Gasteiger partial charge in [0.2, 0.25) is 0 Å². The van der Waals surface area contributed by atoms with Gasteiger partial charge in [0.1, 0.15) is 0 Å². The zero-order valence-corrected chi connectivity index (χ0v) is 8.76. The van der Waals surface area contributed by atoms with Crippen LogP contribution in [0.2, 0.25) is 0 Å². The number of amides is 1. The zero-order chi connectivity index (χ0) is 10.9. The summed E-state index contributed by atoms with van der Waals surface area (Å²) in [6.07, 6.45) is 0. The quantitative estimate of drug-likeness (QED) is 0.760. The lowest BCUT2D eigenvalue weighted by molar-refractivity contribution is 0.265. The molecule has 0 saturated heterocycles. The van der Waals surface area contributed by atoms with Crippen LogP contribution in [-0.4, -0.2) is 13.7 Å². The molecule has 14 heavy (non-hydrogen) atoms. The van der Waals surface area contributed by atoms with Gasteiger partial charge in [0, 0.05) is 0 Å². The molecule has 0 bridgehead atoms. The number of hydrogen-bond acceptors (Lipinski definition) is 3. The SMILES string of the molecule is Cc1ccc(S(=O)(=O)C(N)=O)c(C)c1. The maximum Gasteiger partial charge on any atom is 0.338 e. The van der Waals surface area contributed by atoms with Crippen molar-refractivity contribution < 1.29 is 13.2 Å². The minimum Gasteiger partial charge on any atom is -0.356 e. The lowest BCUT2D eigenvalue weighted by Gasteiger charge is -2.04. The lowest BCUT2D eigenvalue weighted by atomic mass is 10.2. The lowest BCUT2D eigenvalue weighted by Crippen LogP contribution is -2.22. The maximum atomic E-state index is 11.4. The second-order valence-electron chi connectivity index (χ2n) is 3.09. The molecule has 1 rings (SSSR count). The van der Waals surface area contributed by atoms with Crippen LogP contribution in [0.1, 0.15) is 11.1 Å². The number of carbonyl (C=O) groups excluding carboxylic acids is 1. The van der Waals surface area contributed by atoms with E-state index >= 15 is 0 Å². The average molecular weight is 213 g/mol. The topological polar surface area (TPSA) is 77.2 Å². The first-order valence-electron chi connectivity index (χ1n) is 3.97. The van der Waals surface area contributed by atoms with Crippen LogP contribution in [0.25, 0.3) is 0 Å². The molecule has 0 aliphatic carbocycles. The first-order chi connectivity index (χ1) is 6.35. The van der Waals surface area contributed by atoms with E-state index in [0.29, 0.717) is 5.56 Å². The monoisotopic (exact) mass is 213 g/mol. The molecule has 0 spiro atoms. The summed E-state index contributed by atoms with van der Waals surface area (Å²) in [6.45, 7) is 3.47. The Bertz CT molecular complexity index is 477. The average Bonchev–Trinajstić information content (AvgIpc) is 2.02. The van der Waals surface area contributed by atoms with E-state index in [0.717, 1.165) is 5.56 Å². The molecule has 1 amide bonds. The molecule has 0 saturated carbocycles. The van der Waals surface area contributed by atoms with Gasteiger partial charge in [0.05, 0.1) is 4.90 Å². The van der Waals surface area contributed by atoms with Crippen LogP contribution in [0.3, 0.4) is 0 Å². The number of aryl methyl sites for hydroxylation is 2. The van der Waals surface area contributed by atoms with E-state index in [1.807, 2.05) is 6.92 Å². The minimum absolute atomic E-state index is 0.0180. The minimum atomic E-state index is -3.99. The van der Waals surface area contributed by atoms with E-state index < -0.39 is 15.1 Å². The fourth-order valence-corrected chi connectivity index (χ4v) is 2.16. The van der Waals surface area contributed by atoms with E-state index in [1.54, 1.807) is 19.1 Å². The van der Waals surface area contributed by atoms with E-state index in [9.17, 15) is 13.2 Å². The van der Waals surface area contributed by atoms with E-state index in [1.165, 1.54) is 6.07 Å². The number of hydrogen-bond donors (Lipinski definition) is 1. The summed E-state index contributed by atoms with van der Waals surface area (Å²) in [5.41, 5.74) is 6.25. The Labute approximate surface area is 82.7 Å². The largest absolute Gasteiger partial charge is 0.356 e. The number of benzene rings is 1. The van der Waals surface area contributed by atoms with Crippen molar-refractivity contribution in [3.63, 3.8) is 0 Å². The smallest absolute Gasteiger partial charge is 0.338 e. The molecule has 0 radical (unpaired) electrons. The van der Waals surface area contributed by atoms with Gasteiger partial charge in [-0.05, 0) is 25.5 Å². The number of carbonyl (C=O) groups is 1. The summed E-state index contributed by atoms with van der Waals surface area (Å²) in [7, 11) is -3.99. The highest BCUT2D eigenvalue weighted by Crippen LogP contribution is 2.17. The van der Waals surface area contributed by atoms with Crippen molar-refractivity contribution in [2.45, 2.75) is 18.7 Å². The van der Waals surface area contributed by atoms with Gasteiger partial charge in [0.15, 0.2) is 0 Å². The van der Waals surface area contributed by atoms with Crippen LogP contribution in [0.15, 0.2) is 23.1 Å². The van der Waals surface area contributed by atoms with Crippen molar-refractivity contribution in [2.24, 2.45) is 5.73 Å². The highest BCUT2D eigenvalue weighted by atomic mass is 32.2. The molecule has 0 heterocycles. The third kappa shape index (κ3) is 1.77. The van der Waals surface area contributed by atoms with Crippen LogP contribution in [-0.2, 0) is 9.84 Å². The van der Waals surface area contributed by atoms with Crippen molar-refractivity contribution >= 4 is 15.1 Å². The molecule has 1 aromatic rings. The van der Waals surface area contributed by atoms with E-state index in [4.69, 9.17) is 5.73 Å². The van der Waals surface area contributed by atoms with Crippen molar-refractivity contribution in [3.05, 3.63) is 29.3 Å². The molecule has 0 aliphatic heterocycles. The zero-order valence-electron chi connectivity index (χ0n) is 7.94. The van der Waals surface area contributed by atoms with Crippen molar-refractivity contribution in [2.75, 3.05) is 0 Å². The highest BCUT2D eigenvalue weighted by Gasteiger charge is 2.23. The summed E-state index contributed by atoms with van der Waals surface area (Å²) in [6, 6.07) is 4.71. The second kappa shape index (κ2) is 3.42. The molecule has 76 valence electrons. The van der Waals surface area contributed by atoms with E-state index in [2.05, 4.69) is 0 Å². The van der Waals surface area contributed by atoms with Crippen LogP contribution in [0.4, 0.5) is 4.79 Å². The highest BCUT2D eigenvalue weighted by molar-refractivity contribution is 8.06. The van der Waals surface area contributed by atoms with Crippen molar-refractivity contribution in [3.8, 4) is 0 Å². The summed E-state index contributed by atoms with van der Waals surface area (Å²) < 4.78 is 22.8. The number of sulfone groups is 1. The Morgan fingerprint density at radius 2 is 1.86 bits per heavy atom. The van der Waals surface area contributed by atoms with Crippen LogP contribution >= 0.6 is 0 Å². The molecule has 0 unspecified atom stereocenters. The Balaban J connectivity index is 3.42. The standard InChI is InChI=1S/C9H11NO3S/c1-6-3-4-8(7(2)5-6)14(12,13)9(10)11/h3-5H,1-2H3,(H2,10,11). The van der Waals surface area contributed by atoms with E-state index in [-0.39, 0.29) is 4.90 Å². The third-order valence-electron chi connectivity index (χ3n) is 1.88. The van der Waals surface area contributed by atoms with Gasteiger partial charge >= 0.3 is 5.24 Å². The predicted molar refractivity (Wildman–Crippen MR) is 52.7 cm³/mol. The van der Waals surface area contributed by atoms with Gasteiger partial charge in [-0.25, -0.2) is 8.42 Å². The van der Waals surface area contributed by atoms with Crippen LogP contribution in [0, 0.1) is 13.8 Å². The molecule has 5 heteroatoms. The fourth-order valence-electron chi connectivity index (χ4n) is 1.21. The molecule has 4 nitrogen and oxygen atoms in total. The number of rotatable bonds is 1. The fraction of sp³-hybridized carbons (Fsp3) is 0.222. The van der Waals surface area contributed by atoms with Crippen molar-refractivity contribution in [1.82, 2.24) is 0 Å². The van der Waals surface area contributed by atoms with Crippen LogP contribution < -0.4 is 5.73 Å². The van der Waals surface area contributed by atoms with Gasteiger partial charge in [-0.2, -0.15) is 0 Å². The molecular weight excluding hydrogens is 202 g/mol. The summed E-state index contributed by atoms with van der Waals surface area (Å²) in [5, 5.41) is -1.32. The normalized spacial score (nSPS) is 11.3. The molecule has 1 aromatic carbocycles. The first kappa shape index (κ1) is 10.7. The van der Waals surface area contributed by atoms with Gasteiger partial charge in [-0.15, -0.1) is 0 Å². The van der Waals surface area contributed by atoms with Gasteiger partial charge in [-0.1, -0.05) is 17.7 Å². The molecular formula is C9H11NO3S. The second-order valence-corrected chi connectivity index (χ2v) is 4.94. The molecule has 0 fully saturated rings. The Hall–Kier alpha value is -1.36. The Morgan fingerprint density at radius 1 is 1.29 bits per heavy atom. The van der Waals surface area contributed by atoms with Crippen molar-refractivity contribution in [1.29, 1.82) is 0 Å². The van der Waals surface area contributed by atoms with Gasteiger partial charge in [0.25, 0.3) is 9.84 Å². The van der Waals surface area contributed by atoms with Gasteiger partial charge < -0.3 is 5.73 Å². The number of primary amides is 1. The Kier molecular flexibility index (Phi) is 2.62. The summed E-state index contributed by atoms with van der Waals surface area (Å²) in [5.74, 6) is 0. The molecule has 0 atom stereocenters. The third-order valence-corrected chi connectivity index (χ3v) is 3.45. The summed E-state index contributed by atoms with van der Waals surface area (Å²) in [4.78, 5) is 10.7. The molecule has 2 N–H and O–H groups in total. The molecule has 0 aromatic heterocycles. The maximum absolute atomic E-state index is 11.4.